The fraction of sp³-hybridized carbons (Fsp3) is 0.538. The second kappa shape index (κ2) is 5.31. The first-order chi connectivity index (χ1) is 9.26. The Morgan fingerprint density at radius 1 is 1.40 bits per heavy atom. The Kier molecular flexibility index (Phi) is 4.04. The molecule has 0 spiro atoms. The number of nitrogens with two attached hydrogens (primary N) is 1. The Hall–Kier alpha value is -1.18. The lowest BCUT2D eigenvalue weighted by molar-refractivity contribution is 0.0333. The van der Waals surface area contributed by atoms with Crippen LogP contribution in [0.25, 0.3) is 0 Å². The number of hydrogen-bond acceptors (Lipinski definition) is 4. The summed E-state index contributed by atoms with van der Waals surface area (Å²) in [6.07, 6.45) is 2.91. The standard InChI is InChI=1S/C13H19FN2O3S/c1-16(9-13(17)7-2-3-8-13)20(18,19)11-6-4-5-10(14)12(11)15/h4-6,17H,2-3,7-9,15H2,1H3. The minimum Gasteiger partial charge on any atom is -0.395 e. The van der Waals surface area contributed by atoms with Crippen LogP contribution in [0.4, 0.5) is 10.1 Å². The van der Waals surface area contributed by atoms with Gasteiger partial charge in [-0.15, -0.1) is 0 Å². The summed E-state index contributed by atoms with van der Waals surface area (Å²) in [6, 6.07) is 3.68. The topological polar surface area (TPSA) is 83.6 Å². The third-order valence-corrected chi connectivity index (χ3v) is 5.61. The molecule has 0 atom stereocenters. The highest BCUT2D eigenvalue weighted by Gasteiger charge is 2.36. The first-order valence-corrected chi connectivity index (χ1v) is 7.93. The Morgan fingerprint density at radius 2 is 2.00 bits per heavy atom. The van der Waals surface area contributed by atoms with Gasteiger partial charge in [-0.2, -0.15) is 4.31 Å². The van der Waals surface area contributed by atoms with Crippen molar-refractivity contribution in [1.29, 1.82) is 0 Å². The molecule has 1 saturated carbocycles. The zero-order chi connectivity index (χ0) is 15.0. The molecule has 0 aromatic heterocycles. The van der Waals surface area contributed by atoms with Crippen LogP contribution >= 0.6 is 0 Å². The van der Waals surface area contributed by atoms with Gasteiger partial charge in [-0.25, -0.2) is 12.8 Å². The fourth-order valence-electron chi connectivity index (χ4n) is 2.60. The molecule has 1 aliphatic rings. The molecule has 2 rings (SSSR count). The fourth-order valence-corrected chi connectivity index (χ4v) is 3.97. The Balaban J connectivity index is 2.28. The number of benzene rings is 1. The maximum atomic E-state index is 13.4. The smallest absolute Gasteiger partial charge is 0.245 e. The van der Waals surface area contributed by atoms with Gasteiger partial charge in [0, 0.05) is 13.6 Å². The molecule has 0 amide bonds. The average molecular weight is 302 g/mol. The Morgan fingerprint density at radius 3 is 2.60 bits per heavy atom. The minimum absolute atomic E-state index is 0.00864. The van der Waals surface area contributed by atoms with Crippen molar-refractivity contribution in [3.63, 3.8) is 0 Å². The summed E-state index contributed by atoms with van der Waals surface area (Å²) in [5.74, 6) is -0.765. The van der Waals surface area contributed by atoms with Gasteiger partial charge in [-0.3, -0.25) is 0 Å². The van der Waals surface area contributed by atoms with E-state index >= 15 is 0 Å². The van der Waals surface area contributed by atoms with E-state index in [1.165, 1.54) is 19.2 Å². The van der Waals surface area contributed by atoms with Crippen molar-refractivity contribution in [2.24, 2.45) is 0 Å². The maximum absolute atomic E-state index is 13.4. The molecule has 112 valence electrons. The summed E-state index contributed by atoms with van der Waals surface area (Å²) in [7, 11) is -2.54. The molecule has 0 bridgehead atoms. The van der Waals surface area contributed by atoms with E-state index in [-0.39, 0.29) is 11.4 Å². The number of likely N-dealkylation sites (N-methyl/N-ethyl adjacent to an activating group) is 1. The van der Waals surface area contributed by atoms with E-state index < -0.39 is 27.1 Å². The quantitative estimate of drug-likeness (QED) is 0.822. The largest absolute Gasteiger partial charge is 0.395 e. The first-order valence-electron chi connectivity index (χ1n) is 6.49. The lowest BCUT2D eigenvalue weighted by Crippen LogP contribution is -2.42. The molecule has 0 radical (unpaired) electrons. The third kappa shape index (κ3) is 2.79. The SMILES string of the molecule is CN(CC1(O)CCCC1)S(=O)(=O)c1cccc(F)c1N. The van der Waals surface area contributed by atoms with Crippen molar-refractivity contribution >= 4 is 15.7 Å². The number of nitrogens with zero attached hydrogens (tertiary/aromatic N) is 1. The molecule has 5 nitrogen and oxygen atoms in total. The summed E-state index contributed by atoms with van der Waals surface area (Å²) < 4.78 is 39.2. The predicted molar refractivity (Wildman–Crippen MR) is 74.0 cm³/mol. The van der Waals surface area contributed by atoms with E-state index in [1.807, 2.05) is 0 Å². The number of halogens is 1. The minimum atomic E-state index is -3.91. The number of para-hydroxylation sites is 1. The highest BCUT2D eigenvalue weighted by atomic mass is 32.2. The number of nitrogen functional groups attached to an aromatic ring is 1. The summed E-state index contributed by atoms with van der Waals surface area (Å²) >= 11 is 0. The predicted octanol–water partition coefficient (Wildman–Crippen LogP) is 1.33. The number of aliphatic hydroxyl groups is 1. The molecule has 1 fully saturated rings. The van der Waals surface area contributed by atoms with E-state index in [4.69, 9.17) is 5.73 Å². The lowest BCUT2D eigenvalue weighted by Gasteiger charge is -2.28. The molecule has 1 aromatic carbocycles. The van der Waals surface area contributed by atoms with Gasteiger partial charge < -0.3 is 10.8 Å². The Bertz CT molecular complexity index is 598. The van der Waals surface area contributed by atoms with E-state index in [2.05, 4.69) is 0 Å². The van der Waals surface area contributed by atoms with Gasteiger partial charge in [-0.1, -0.05) is 18.9 Å². The molecule has 0 saturated heterocycles. The molecule has 7 heteroatoms. The van der Waals surface area contributed by atoms with Crippen LogP contribution in [0.15, 0.2) is 23.1 Å². The highest BCUT2D eigenvalue weighted by molar-refractivity contribution is 7.89. The summed E-state index contributed by atoms with van der Waals surface area (Å²) in [4.78, 5) is -0.262. The molecule has 0 unspecified atom stereocenters. The highest BCUT2D eigenvalue weighted by Crippen LogP contribution is 2.32. The van der Waals surface area contributed by atoms with Gasteiger partial charge in [0.15, 0.2) is 0 Å². The maximum Gasteiger partial charge on any atom is 0.245 e. The van der Waals surface area contributed by atoms with E-state index in [0.29, 0.717) is 12.8 Å². The molecular formula is C13H19FN2O3S. The summed E-state index contributed by atoms with van der Waals surface area (Å²) in [6.45, 7) is -0.00864. The molecule has 0 aliphatic heterocycles. The zero-order valence-electron chi connectivity index (χ0n) is 11.3. The van der Waals surface area contributed by atoms with E-state index in [9.17, 15) is 17.9 Å². The summed E-state index contributed by atoms with van der Waals surface area (Å²) in [5.41, 5.74) is 4.12. The van der Waals surface area contributed by atoms with Crippen molar-refractivity contribution in [1.82, 2.24) is 4.31 Å². The van der Waals surface area contributed by atoms with Crippen LogP contribution in [0.5, 0.6) is 0 Å². The van der Waals surface area contributed by atoms with Gasteiger partial charge in [0.1, 0.15) is 10.7 Å². The van der Waals surface area contributed by atoms with E-state index in [1.54, 1.807) is 0 Å². The van der Waals surface area contributed by atoms with E-state index in [0.717, 1.165) is 23.2 Å². The van der Waals surface area contributed by atoms with Gasteiger partial charge >= 0.3 is 0 Å². The number of rotatable bonds is 4. The van der Waals surface area contributed by atoms with Crippen LogP contribution in [0.2, 0.25) is 0 Å². The van der Waals surface area contributed by atoms with Gasteiger partial charge in [0.25, 0.3) is 0 Å². The van der Waals surface area contributed by atoms with Gasteiger partial charge in [0.2, 0.25) is 10.0 Å². The lowest BCUT2D eigenvalue weighted by atomic mass is 10.0. The van der Waals surface area contributed by atoms with Crippen molar-refractivity contribution in [2.45, 2.75) is 36.2 Å². The third-order valence-electron chi connectivity index (χ3n) is 3.75. The van der Waals surface area contributed by atoms with Crippen molar-refractivity contribution in [3.05, 3.63) is 24.0 Å². The molecular weight excluding hydrogens is 283 g/mol. The number of hydrogen-bond donors (Lipinski definition) is 2. The van der Waals surface area contributed by atoms with Crippen molar-refractivity contribution < 1.29 is 17.9 Å². The van der Waals surface area contributed by atoms with Crippen molar-refractivity contribution in [2.75, 3.05) is 19.3 Å². The van der Waals surface area contributed by atoms with Crippen LogP contribution in [-0.4, -0.2) is 37.0 Å². The molecule has 0 heterocycles. The van der Waals surface area contributed by atoms with Crippen LogP contribution < -0.4 is 5.73 Å². The van der Waals surface area contributed by atoms with Crippen molar-refractivity contribution in [3.8, 4) is 0 Å². The van der Waals surface area contributed by atoms with Gasteiger partial charge in [-0.05, 0) is 25.0 Å². The molecule has 3 N–H and O–H groups in total. The second-order valence-corrected chi connectivity index (χ2v) is 7.36. The van der Waals surface area contributed by atoms with Gasteiger partial charge in [0.05, 0.1) is 11.3 Å². The molecule has 1 aliphatic carbocycles. The second-order valence-electron chi connectivity index (χ2n) is 5.34. The molecule has 1 aromatic rings. The normalized spacial score (nSPS) is 18.6. The monoisotopic (exact) mass is 302 g/mol. The molecule has 20 heavy (non-hydrogen) atoms. The Labute approximate surface area is 118 Å². The van der Waals surface area contributed by atoms with Crippen LogP contribution in [0, 0.1) is 5.82 Å². The van der Waals surface area contributed by atoms with Crippen LogP contribution in [-0.2, 0) is 10.0 Å². The summed E-state index contributed by atoms with van der Waals surface area (Å²) in [5, 5.41) is 10.3. The number of anilines is 1. The number of sulfonamides is 1. The van der Waals surface area contributed by atoms with Crippen LogP contribution in [0.3, 0.4) is 0 Å². The zero-order valence-corrected chi connectivity index (χ0v) is 12.2. The first kappa shape index (κ1) is 15.2. The van der Waals surface area contributed by atoms with Crippen LogP contribution in [0.1, 0.15) is 25.7 Å². The average Bonchev–Trinajstić information content (AvgIpc) is 2.79.